The minimum atomic E-state index is -0.506. The maximum atomic E-state index is 10.4. The maximum absolute atomic E-state index is 10.4. The highest BCUT2D eigenvalue weighted by atomic mass is 16.6. The van der Waals surface area contributed by atoms with Gasteiger partial charge in [0.1, 0.15) is 12.4 Å². The summed E-state index contributed by atoms with van der Waals surface area (Å²) in [7, 11) is 0. The van der Waals surface area contributed by atoms with Crippen molar-refractivity contribution in [3.8, 4) is 0 Å². The van der Waals surface area contributed by atoms with Crippen molar-refractivity contribution in [1.82, 2.24) is 9.97 Å². The molecule has 1 aliphatic heterocycles. The van der Waals surface area contributed by atoms with E-state index in [-0.39, 0.29) is 11.7 Å². The van der Waals surface area contributed by atoms with E-state index in [2.05, 4.69) is 9.97 Å². The molecule has 0 saturated carbocycles. The predicted octanol–water partition coefficient (Wildman–Crippen LogP) is 0.312. The van der Waals surface area contributed by atoms with Crippen LogP contribution >= 0.6 is 0 Å². The first-order chi connectivity index (χ1) is 7.72. The highest BCUT2D eigenvalue weighted by molar-refractivity contribution is 5.36. The molecule has 1 aliphatic rings. The second kappa shape index (κ2) is 4.40. The van der Waals surface area contributed by atoms with Crippen molar-refractivity contribution in [3.05, 3.63) is 22.5 Å². The first kappa shape index (κ1) is 10.7. The summed E-state index contributed by atoms with van der Waals surface area (Å²) in [4.78, 5) is 19.9. The highest BCUT2D eigenvalue weighted by Gasteiger charge is 2.25. The van der Waals surface area contributed by atoms with Gasteiger partial charge in [-0.05, 0) is 12.8 Å². The Morgan fingerprint density at radius 3 is 2.81 bits per heavy atom. The summed E-state index contributed by atoms with van der Waals surface area (Å²) < 4.78 is 0. The van der Waals surface area contributed by atoms with E-state index in [1.807, 2.05) is 4.90 Å². The Hall–Kier alpha value is -1.76. The third-order valence-corrected chi connectivity index (χ3v) is 2.74. The molecule has 1 saturated heterocycles. The molecule has 1 fully saturated rings. The Labute approximate surface area is 92.4 Å². The van der Waals surface area contributed by atoms with Crippen molar-refractivity contribution in [2.75, 3.05) is 18.0 Å². The van der Waals surface area contributed by atoms with Crippen LogP contribution in [-0.4, -0.2) is 34.0 Å². The Bertz CT molecular complexity index is 380. The summed E-state index contributed by atoms with van der Waals surface area (Å²) in [6.45, 7) is 1.42. The molecule has 86 valence electrons. The molecule has 1 aromatic rings. The number of hydrogen-bond donors (Lipinski definition) is 1. The van der Waals surface area contributed by atoms with Crippen LogP contribution in [0, 0.1) is 10.1 Å². The molecule has 1 aromatic heterocycles. The fraction of sp³-hybridized carbons (Fsp3) is 0.556. The standard InChI is InChI=1S/C9H13N5O2/c10-4-7-2-1-3-13(7)9-11-5-8(6-12-9)14(15)16/h5-7H,1-4,10H2. The molecule has 7 heteroatoms. The number of rotatable bonds is 3. The Kier molecular flexibility index (Phi) is 2.95. The summed E-state index contributed by atoms with van der Waals surface area (Å²) >= 11 is 0. The van der Waals surface area contributed by atoms with Crippen molar-refractivity contribution < 1.29 is 4.92 Å². The van der Waals surface area contributed by atoms with Gasteiger partial charge in [-0.1, -0.05) is 0 Å². The minimum absolute atomic E-state index is 0.0905. The first-order valence-corrected chi connectivity index (χ1v) is 5.15. The van der Waals surface area contributed by atoms with Crippen molar-refractivity contribution in [2.24, 2.45) is 5.73 Å². The van der Waals surface area contributed by atoms with E-state index in [0.29, 0.717) is 12.5 Å². The van der Waals surface area contributed by atoms with Gasteiger partial charge in [-0.2, -0.15) is 0 Å². The SMILES string of the molecule is NCC1CCCN1c1ncc([N+](=O)[O-])cn1. The summed E-state index contributed by atoms with van der Waals surface area (Å²) in [6, 6.07) is 0.251. The van der Waals surface area contributed by atoms with Crippen LogP contribution in [0.4, 0.5) is 11.6 Å². The topological polar surface area (TPSA) is 98.2 Å². The fourth-order valence-electron chi connectivity index (χ4n) is 1.90. The molecule has 0 aromatic carbocycles. The molecule has 1 unspecified atom stereocenters. The van der Waals surface area contributed by atoms with Crippen molar-refractivity contribution in [2.45, 2.75) is 18.9 Å². The number of nitrogens with two attached hydrogens (primary N) is 1. The Balaban J connectivity index is 2.18. The third-order valence-electron chi connectivity index (χ3n) is 2.74. The Morgan fingerprint density at radius 1 is 1.56 bits per heavy atom. The second-order valence-corrected chi connectivity index (χ2v) is 3.72. The molecule has 0 radical (unpaired) electrons. The lowest BCUT2D eigenvalue weighted by molar-refractivity contribution is -0.385. The van der Waals surface area contributed by atoms with Crippen molar-refractivity contribution >= 4 is 11.6 Å². The van der Waals surface area contributed by atoms with Gasteiger partial charge in [-0.3, -0.25) is 10.1 Å². The van der Waals surface area contributed by atoms with Gasteiger partial charge in [0.2, 0.25) is 5.95 Å². The summed E-state index contributed by atoms with van der Waals surface area (Å²) in [5.74, 6) is 0.526. The van der Waals surface area contributed by atoms with Crippen LogP contribution in [0.15, 0.2) is 12.4 Å². The first-order valence-electron chi connectivity index (χ1n) is 5.15. The molecule has 0 bridgehead atoms. The highest BCUT2D eigenvalue weighted by Crippen LogP contribution is 2.22. The number of nitro groups is 1. The van der Waals surface area contributed by atoms with Gasteiger partial charge in [-0.15, -0.1) is 0 Å². The smallest absolute Gasteiger partial charge is 0.305 e. The number of hydrogen-bond acceptors (Lipinski definition) is 6. The van der Waals surface area contributed by atoms with Crippen molar-refractivity contribution in [3.63, 3.8) is 0 Å². The second-order valence-electron chi connectivity index (χ2n) is 3.72. The number of anilines is 1. The van der Waals surface area contributed by atoms with Crippen LogP contribution in [0.2, 0.25) is 0 Å². The average Bonchev–Trinajstić information content (AvgIpc) is 2.77. The van der Waals surface area contributed by atoms with E-state index in [1.54, 1.807) is 0 Å². The van der Waals surface area contributed by atoms with Crippen molar-refractivity contribution in [1.29, 1.82) is 0 Å². The van der Waals surface area contributed by atoms with Crippen LogP contribution in [0.25, 0.3) is 0 Å². The molecule has 2 N–H and O–H groups in total. The van der Waals surface area contributed by atoms with E-state index in [4.69, 9.17) is 5.73 Å². The molecule has 1 atom stereocenters. The van der Waals surface area contributed by atoms with Gasteiger partial charge in [-0.25, -0.2) is 9.97 Å². The third kappa shape index (κ3) is 1.94. The number of nitrogens with zero attached hydrogens (tertiary/aromatic N) is 4. The summed E-state index contributed by atoms with van der Waals surface area (Å²) in [5.41, 5.74) is 5.54. The Morgan fingerprint density at radius 2 is 2.25 bits per heavy atom. The van der Waals surface area contributed by atoms with Gasteiger partial charge in [0.05, 0.1) is 4.92 Å². The van der Waals surface area contributed by atoms with Gasteiger partial charge in [0.15, 0.2) is 0 Å². The van der Waals surface area contributed by atoms with Crippen LogP contribution < -0.4 is 10.6 Å². The monoisotopic (exact) mass is 223 g/mol. The summed E-state index contributed by atoms with van der Waals surface area (Å²) in [6.07, 6.45) is 4.54. The van der Waals surface area contributed by atoms with E-state index >= 15 is 0 Å². The zero-order valence-corrected chi connectivity index (χ0v) is 8.74. The lowest BCUT2D eigenvalue weighted by Crippen LogP contribution is -2.36. The molecule has 0 aliphatic carbocycles. The zero-order valence-electron chi connectivity index (χ0n) is 8.74. The van der Waals surface area contributed by atoms with Crippen LogP contribution in [-0.2, 0) is 0 Å². The quantitative estimate of drug-likeness (QED) is 0.585. The molecule has 16 heavy (non-hydrogen) atoms. The zero-order chi connectivity index (χ0) is 11.5. The lowest BCUT2D eigenvalue weighted by atomic mass is 10.2. The van der Waals surface area contributed by atoms with Crippen LogP contribution in [0.1, 0.15) is 12.8 Å². The van der Waals surface area contributed by atoms with E-state index in [0.717, 1.165) is 19.4 Å². The average molecular weight is 223 g/mol. The number of aromatic nitrogens is 2. The normalized spacial score (nSPS) is 20.1. The largest absolute Gasteiger partial charge is 0.337 e. The van der Waals surface area contributed by atoms with Crippen LogP contribution in [0.5, 0.6) is 0 Å². The summed E-state index contributed by atoms with van der Waals surface area (Å²) in [5, 5.41) is 10.4. The van der Waals surface area contributed by atoms with E-state index < -0.39 is 4.92 Å². The van der Waals surface area contributed by atoms with E-state index in [9.17, 15) is 10.1 Å². The lowest BCUT2D eigenvalue weighted by Gasteiger charge is -2.22. The molecule has 0 amide bonds. The van der Waals surface area contributed by atoms with Gasteiger partial charge in [0, 0.05) is 19.1 Å². The van der Waals surface area contributed by atoms with Gasteiger partial charge >= 0.3 is 5.69 Å². The molecule has 7 nitrogen and oxygen atoms in total. The van der Waals surface area contributed by atoms with Gasteiger partial charge in [0.25, 0.3) is 0 Å². The maximum Gasteiger partial charge on any atom is 0.305 e. The van der Waals surface area contributed by atoms with Gasteiger partial charge < -0.3 is 10.6 Å². The molecular weight excluding hydrogens is 210 g/mol. The molecular formula is C9H13N5O2. The fourth-order valence-corrected chi connectivity index (χ4v) is 1.90. The predicted molar refractivity (Wildman–Crippen MR) is 58.1 cm³/mol. The molecule has 2 heterocycles. The minimum Gasteiger partial charge on any atom is -0.337 e. The van der Waals surface area contributed by atoms with Crippen LogP contribution in [0.3, 0.4) is 0 Å². The van der Waals surface area contributed by atoms with E-state index in [1.165, 1.54) is 12.4 Å². The molecule has 2 rings (SSSR count). The molecule has 0 spiro atoms.